The smallest absolute Gasteiger partial charge is 0.160 e. The Kier molecular flexibility index (Phi) is 5.98. The first-order valence-corrected chi connectivity index (χ1v) is 6.22. The van der Waals surface area contributed by atoms with E-state index in [-0.39, 0.29) is 11.5 Å². The molecule has 0 saturated heterocycles. The van der Waals surface area contributed by atoms with Gasteiger partial charge in [-0.1, -0.05) is 19.1 Å². The predicted octanol–water partition coefficient (Wildman–Crippen LogP) is 3.26. The van der Waals surface area contributed by atoms with Crippen LogP contribution < -0.4 is 4.74 Å². The molecule has 0 spiro atoms. The fraction of sp³-hybridized carbons (Fsp3) is 0.400. The van der Waals surface area contributed by atoms with Gasteiger partial charge < -0.3 is 9.84 Å². The van der Waals surface area contributed by atoms with E-state index in [0.29, 0.717) is 12.2 Å². The van der Waals surface area contributed by atoms with Gasteiger partial charge in [0.1, 0.15) is 0 Å². The molecule has 1 aromatic carbocycles. The number of ketones is 1. The first-order valence-electron chi connectivity index (χ1n) is 6.22. The Morgan fingerprint density at radius 2 is 2.22 bits per heavy atom. The van der Waals surface area contributed by atoms with Crippen molar-refractivity contribution in [2.45, 2.75) is 32.6 Å². The van der Waals surface area contributed by atoms with Crippen LogP contribution in [0.25, 0.3) is 0 Å². The molecule has 0 aliphatic rings. The summed E-state index contributed by atoms with van der Waals surface area (Å²) in [5, 5.41) is 9.45. The van der Waals surface area contributed by atoms with Crippen LogP contribution in [0.3, 0.4) is 0 Å². The number of hydrogen-bond acceptors (Lipinski definition) is 3. The van der Waals surface area contributed by atoms with E-state index < -0.39 is 0 Å². The Balaban J connectivity index is 2.46. The number of hydrogen-bond donors (Lipinski definition) is 1. The molecule has 0 aliphatic heterocycles. The number of methoxy groups -OCH3 is 1. The van der Waals surface area contributed by atoms with E-state index in [4.69, 9.17) is 4.74 Å². The molecule has 0 saturated carbocycles. The highest BCUT2D eigenvalue weighted by Crippen LogP contribution is 2.26. The monoisotopic (exact) mass is 248 g/mol. The summed E-state index contributed by atoms with van der Waals surface area (Å²) >= 11 is 0. The summed E-state index contributed by atoms with van der Waals surface area (Å²) in [4.78, 5) is 11.3. The third kappa shape index (κ3) is 4.62. The molecule has 0 heterocycles. The van der Waals surface area contributed by atoms with E-state index in [1.807, 2.05) is 25.1 Å². The third-order valence-electron chi connectivity index (χ3n) is 2.64. The van der Waals surface area contributed by atoms with Crippen LogP contribution in [0.1, 0.15) is 31.7 Å². The van der Waals surface area contributed by atoms with Crippen LogP contribution in [0.15, 0.2) is 30.4 Å². The Labute approximate surface area is 108 Å². The first-order chi connectivity index (χ1) is 8.67. The van der Waals surface area contributed by atoms with Gasteiger partial charge in [0.15, 0.2) is 17.3 Å². The lowest BCUT2D eigenvalue weighted by atomic mass is 10.1. The maximum Gasteiger partial charge on any atom is 0.160 e. The van der Waals surface area contributed by atoms with Crippen molar-refractivity contribution in [1.82, 2.24) is 0 Å². The van der Waals surface area contributed by atoms with E-state index in [1.165, 1.54) is 7.11 Å². The zero-order valence-electron chi connectivity index (χ0n) is 11.0. The molecule has 3 nitrogen and oxygen atoms in total. The average Bonchev–Trinajstić information content (AvgIpc) is 2.37. The van der Waals surface area contributed by atoms with Gasteiger partial charge in [-0.15, -0.1) is 0 Å². The number of ether oxygens (including phenoxy) is 1. The zero-order chi connectivity index (χ0) is 13.4. The summed E-state index contributed by atoms with van der Waals surface area (Å²) in [7, 11) is 1.53. The highest BCUT2D eigenvalue weighted by Gasteiger charge is 2.01. The minimum atomic E-state index is 0.148. The Morgan fingerprint density at radius 1 is 1.44 bits per heavy atom. The fourth-order valence-corrected chi connectivity index (χ4v) is 1.67. The van der Waals surface area contributed by atoms with E-state index in [1.54, 1.807) is 12.1 Å². The Morgan fingerprint density at radius 3 is 2.89 bits per heavy atom. The molecule has 1 N–H and O–H groups in total. The van der Waals surface area contributed by atoms with Gasteiger partial charge in [-0.05, 0) is 43.0 Å². The lowest BCUT2D eigenvalue weighted by Gasteiger charge is -2.05. The first kappa shape index (κ1) is 14.3. The third-order valence-corrected chi connectivity index (χ3v) is 2.64. The minimum Gasteiger partial charge on any atom is -0.504 e. The largest absolute Gasteiger partial charge is 0.504 e. The van der Waals surface area contributed by atoms with Crippen LogP contribution >= 0.6 is 0 Å². The Bertz CT molecular complexity index is 422. The second kappa shape index (κ2) is 7.54. The van der Waals surface area contributed by atoms with Crippen molar-refractivity contribution in [3.8, 4) is 11.5 Å². The van der Waals surface area contributed by atoms with Crippen molar-refractivity contribution in [2.24, 2.45) is 0 Å². The molecule has 0 aliphatic carbocycles. The number of rotatable bonds is 7. The molecule has 1 aromatic rings. The lowest BCUT2D eigenvalue weighted by Crippen LogP contribution is -1.91. The fourth-order valence-electron chi connectivity index (χ4n) is 1.67. The van der Waals surface area contributed by atoms with Gasteiger partial charge in [0.2, 0.25) is 0 Å². The maximum absolute atomic E-state index is 11.3. The van der Waals surface area contributed by atoms with Crippen LogP contribution in [-0.4, -0.2) is 18.0 Å². The average molecular weight is 248 g/mol. The quantitative estimate of drug-likeness (QED) is 0.753. The van der Waals surface area contributed by atoms with Crippen LogP contribution in [0.4, 0.5) is 0 Å². The second-order valence-corrected chi connectivity index (χ2v) is 4.16. The number of aryl methyl sites for hydroxylation is 1. The number of carbonyl (C=O) groups is 1. The molecule has 0 radical (unpaired) electrons. The lowest BCUT2D eigenvalue weighted by molar-refractivity contribution is -0.114. The van der Waals surface area contributed by atoms with E-state index in [2.05, 4.69) is 0 Å². The van der Waals surface area contributed by atoms with Gasteiger partial charge >= 0.3 is 0 Å². The van der Waals surface area contributed by atoms with E-state index in [9.17, 15) is 9.90 Å². The van der Waals surface area contributed by atoms with Gasteiger partial charge in [-0.2, -0.15) is 0 Å². The highest BCUT2D eigenvalue weighted by atomic mass is 16.5. The second-order valence-electron chi connectivity index (χ2n) is 4.16. The summed E-state index contributed by atoms with van der Waals surface area (Å²) in [5.74, 6) is 0.814. The molecule has 0 fully saturated rings. The summed E-state index contributed by atoms with van der Waals surface area (Å²) in [6, 6.07) is 5.30. The summed E-state index contributed by atoms with van der Waals surface area (Å²) in [5.41, 5.74) is 1.08. The molecule has 3 heteroatoms. The van der Waals surface area contributed by atoms with Gasteiger partial charge in [0.05, 0.1) is 7.11 Å². The van der Waals surface area contributed by atoms with E-state index >= 15 is 0 Å². The van der Waals surface area contributed by atoms with Crippen LogP contribution in [0, 0.1) is 0 Å². The molecule has 0 atom stereocenters. The molecule has 1 rings (SSSR count). The van der Waals surface area contributed by atoms with Gasteiger partial charge in [-0.25, -0.2) is 0 Å². The van der Waals surface area contributed by atoms with Crippen LogP contribution in [0.5, 0.6) is 11.5 Å². The van der Waals surface area contributed by atoms with Gasteiger partial charge in [-0.3, -0.25) is 4.79 Å². The summed E-state index contributed by atoms with van der Waals surface area (Å²) in [6.07, 6.45) is 6.69. The van der Waals surface area contributed by atoms with Crippen molar-refractivity contribution < 1.29 is 14.6 Å². The molecule has 98 valence electrons. The SMILES string of the molecule is CCCC(=O)/C=C/CCc1ccc(O)c(OC)c1. The molecular weight excluding hydrogens is 228 g/mol. The number of allylic oxidation sites excluding steroid dienone is 2. The minimum absolute atomic E-state index is 0.148. The molecule has 0 amide bonds. The van der Waals surface area contributed by atoms with Crippen LogP contribution in [0.2, 0.25) is 0 Å². The van der Waals surface area contributed by atoms with E-state index in [0.717, 1.165) is 24.8 Å². The summed E-state index contributed by atoms with van der Waals surface area (Å²) in [6.45, 7) is 1.99. The summed E-state index contributed by atoms with van der Waals surface area (Å²) < 4.78 is 5.04. The standard InChI is InChI=1S/C15H20O3/c1-3-6-13(16)8-5-4-7-12-9-10-14(17)15(11-12)18-2/h5,8-11,17H,3-4,6-7H2,1-2H3/b8-5+. The van der Waals surface area contributed by atoms with Crippen molar-refractivity contribution in [3.05, 3.63) is 35.9 Å². The number of carbonyl (C=O) groups excluding carboxylic acids is 1. The van der Waals surface area contributed by atoms with Crippen molar-refractivity contribution in [1.29, 1.82) is 0 Å². The number of phenolic OH excluding ortho intramolecular Hbond substituents is 1. The molecular formula is C15H20O3. The van der Waals surface area contributed by atoms with Crippen LogP contribution in [-0.2, 0) is 11.2 Å². The maximum atomic E-state index is 11.3. The van der Waals surface area contributed by atoms with Crippen molar-refractivity contribution in [2.75, 3.05) is 7.11 Å². The normalized spacial score (nSPS) is 10.8. The molecule has 0 unspecified atom stereocenters. The molecule has 0 aromatic heterocycles. The topological polar surface area (TPSA) is 46.5 Å². The van der Waals surface area contributed by atoms with Gasteiger partial charge in [0, 0.05) is 6.42 Å². The Hall–Kier alpha value is -1.77. The number of phenols is 1. The van der Waals surface area contributed by atoms with Crippen molar-refractivity contribution >= 4 is 5.78 Å². The number of benzene rings is 1. The van der Waals surface area contributed by atoms with Crippen molar-refractivity contribution in [3.63, 3.8) is 0 Å². The zero-order valence-corrected chi connectivity index (χ0v) is 11.0. The molecule has 18 heavy (non-hydrogen) atoms. The van der Waals surface area contributed by atoms with Gasteiger partial charge in [0.25, 0.3) is 0 Å². The number of aromatic hydroxyl groups is 1. The highest BCUT2D eigenvalue weighted by molar-refractivity contribution is 5.89. The molecule has 0 bridgehead atoms. The predicted molar refractivity (Wildman–Crippen MR) is 72.0 cm³/mol.